The first kappa shape index (κ1) is 15.3. The predicted molar refractivity (Wildman–Crippen MR) is 86.7 cm³/mol. The minimum Gasteiger partial charge on any atom is -0.307 e. The highest BCUT2D eigenvalue weighted by Crippen LogP contribution is 2.36. The van der Waals surface area contributed by atoms with Crippen LogP contribution in [0.3, 0.4) is 0 Å². The maximum atomic E-state index is 6.32. The van der Waals surface area contributed by atoms with E-state index in [1.54, 1.807) is 0 Å². The van der Waals surface area contributed by atoms with E-state index in [9.17, 15) is 0 Å². The zero-order valence-electron chi connectivity index (χ0n) is 12.0. The van der Waals surface area contributed by atoms with Gasteiger partial charge in [-0.25, -0.2) is 0 Å². The Morgan fingerprint density at radius 2 is 1.95 bits per heavy atom. The first-order chi connectivity index (χ1) is 8.87. The van der Waals surface area contributed by atoms with Crippen molar-refractivity contribution in [2.45, 2.75) is 58.5 Å². The third-order valence-electron chi connectivity index (χ3n) is 4.25. The van der Waals surface area contributed by atoms with E-state index in [4.69, 9.17) is 11.6 Å². The Bertz CT molecular complexity index is 434. The fourth-order valence-corrected chi connectivity index (χ4v) is 3.70. The lowest BCUT2D eigenvalue weighted by molar-refractivity contribution is 0.200. The second-order valence-corrected chi connectivity index (χ2v) is 7.82. The molecule has 19 heavy (non-hydrogen) atoms. The molecule has 0 spiro atoms. The lowest BCUT2D eigenvalue weighted by atomic mass is 9.75. The summed E-state index contributed by atoms with van der Waals surface area (Å²) in [4.78, 5) is 0. The summed E-state index contributed by atoms with van der Waals surface area (Å²) in [7, 11) is 0. The van der Waals surface area contributed by atoms with E-state index in [0.29, 0.717) is 17.5 Å². The third kappa shape index (κ3) is 4.21. The first-order valence-corrected chi connectivity index (χ1v) is 8.25. The van der Waals surface area contributed by atoms with Gasteiger partial charge in [0.2, 0.25) is 0 Å². The lowest BCUT2D eigenvalue weighted by Gasteiger charge is -2.36. The molecule has 0 aromatic heterocycles. The van der Waals surface area contributed by atoms with E-state index in [2.05, 4.69) is 54.2 Å². The summed E-state index contributed by atoms with van der Waals surface area (Å²) >= 11 is 9.77. The van der Waals surface area contributed by atoms with E-state index in [1.165, 1.54) is 31.2 Å². The van der Waals surface area contributed by atoms with Crippen LogP contribution < -0.4 is 5.32 Å². The number of hydrogen-bond acceptors (Lipinski definition) is 1. The van der Waals surface area contributed by atoms with Gasteiger partial charge in [-0.1, -0.05) is 47.4 Å². The smallest absolute Gasteiger partial charge is 0.0464 e. The molecule has 1 saturated carbocycles. The van der Waals surface area contributed by atoms with Crippen molar-refractivity contribution in [2.24, 2.45) is 5.41 Å². The summed E-state index contributed by atoms with van der Waals surface area (Å²) in [6.45, 7) is 6.95. The van der Waals surface area contributed by atoms with Gasteiger partial charge in [0.05, 0.1) is 0 Å². The number of rotatable bonds is 3. The van der Waals surface area contributed by atoms with Crippen molar-refractivity contribution in [1.29, 1.82) is 0 Å². The molecule has 0 saturated heterocycles. The number of benzene rings is 1. The molecule has 0 aliphatic heterocycles. The van der Waals surface area contributed by atoms with Crippen LogP contribution in [0.4, 0.5) is 0 Å². The lowest BCUT2D eigenvalue weighted by Crippen LogP contribution is -2.37. The van der Waals surface area contributed by atoms with Crippen molar-refractivity contribution in [3.63, 3.8) is 0 Å². The molecule has 1 aromatic carbocycles. The van der Waals surface area contributed by atoms with Gasteiger partial charge in [0, 0.05) is 21.6 Å². The van der Waals surface area contributed by atoms with Crippen LogP contribution >= 0.6 is 27.5 Å². The zero-order chi connectivity index (χ0) is 14.0. The van der Waals surface area contributed by atoms with Crippen molar-refractivity contribution in [3.05, 3.63) is 33.3 Å². The summed E-state index contributed by atoms with van der Waals surface area (Å²) in [6, 6.07) is 7.08. The highest BCUT2D eigenvalue weighted by Gasteiger charge is 2.27. The molecule has 1 atom stereocenters. The van der Waals surface area contributed by atoms with Crippen LogP contribution in [0.2, 0.25) is 5.02 Å². The first-order valence-electron chi connectivity index (χ1n) is 7.08. The Morgan fingerprint density at radius 1 is 1.32 bits per heavy atom. The maximum Gasteiger partial charge on any atom is 0.0464 e. The van der Waals surface area contributed by atoms with Gasteiger partial charge >= 0.3 is 0 Å². The summed E-state index contributed by atoms with van der Waals surface area (Å²) in [5.41, 5.74) is 1.71. The van der Waals surface area contributed by atoms with Crippen LogP contribution in [0.1, 0.15) is 58.1 Å². The topological polar surface area (TPSA) is 12.0 Å². The van der Waals surface area contributed by atoms with E-state index in [0.717, 1.165) is 9.50 Å². The minimum absolute atomic E-state index is 0.312. The second kappa shape index (κ2) is 6.15. The molecule has 1 nitrogen and oxygen atoms in total. The largest absolute Gasteiger partial charge is 0.307 e. The molecular weight excluding hydrogens is 322 g/mol. The Hall–Kier alpha value is -0.0500. The fraction of sp³-hybridized carbons (Fsp3) is 0.625. The molecule has 106 valence electrons. The quantitative estimate of drug-likeness (QED) is 0.739. The molecular formula is C16H23BrClN. The number of hydrogen-bond donors (Lipinski definition) is 1. The fourth-order valence-electron chi connectivity index (χ4n) is 2.86. The Balaban J connectivity index is 1.96. The number of halogens is 2. The molecule has 0 heterocycles. The van der Waals surface area contributed by atoms with Crippen LogP contribution in [0.15, 0.2) is 22.7 Å². The standard InChI is InChI=1S/C16H23BrClN/c1-11(14-5-4-12(17)10-15(14)18)19-13-6-8-16(2,3)9-7-13/h4-5,10-11,13,19H,6-9H2,1-3H3. The van der Waals surface area contributed by atoms with Gasteiger partial charge < -0.3 is 5.32 Å². The normalized spacial score (nSPS) is 21.3. The van der Waals surface area contributed by atoms with E-state index in [1.807, 2.05) is 6.07 Å². The average molecular weight is 345 g/mol. The molecule has 1 aliphatic rings. The van der Waals surface area contributed by atoms with Gasteiger partial charge in [0.15, 0.2) is 0 Å². The van der Waals surface area contributed by atoms with Gasteiger partial charge in [-0.05, 0) is 55.7 Å². The molecule has 3 heteroatoms. The number of nitrogens with one attached hydrogen (secondary N) is 1. The highest BCUT2D eigenvalue weighted by molar-refractivity contribution is 9.10. The van der Waals surface area contributed by atoms with Crippen molar-refractivity contribution < 1.29 is 0 Å². The summed E-state index contributed by atoms with van der Waals surface area (Å²) in [5, 5.41) is 4.57. The molecule has 0 amide bonds. The molecule has 0 radical (unpaired) electrons. The van der Waals surface area contributed by atoms with E-state index >= 15 is 0 Å². The minimum atomic E-state index is 0.312. The van der Waals surface area contributed by atoms with Crippen molar-refractivity contribution >= 4 is 27.5 Å². The van der Waals surface area contributed by atoms with Gasteiger partial charge in [0.25, 0.3) is 0 Å². The molecule has 2 rings (SSSR count). The highest BCUT2D eigenvalue weighted by atomic mass is 79.9. The van der Waals surface area contributed by atoms with E-state index < -0.39 is 0 Å². The van der Waals surface area contributed by atoms with E-state index in [-0.39, 0.29) is 0 Å². The molecule has 1 aromatic rings. The summed E-state index contributed by atoms with van der Waals surface area (Å²) < 4.78 is 1.04. The van der Waals surface area contributed by atoms with Crippen LogP contribution in [-0.2, 0) is 0 Å². The van der Waals surface area contributed by atoms with Crippen molar-refractivity contribution in [3.8, 4) is 0 Å². The van der Waals surface area contributed by atoms with Crippen LogP contribution in [0.25, 0.3) is 0 Å². The summed E-state index contributed by atoms with van der Waals surface area (Å²) in [6.07, 6.45) is 5.16. The Labute approximate surface area is 130 Å². The second-order valence-electron chi connectivity index (χ2n) is 6.49. The van der Waals surface area contributed by atoms with Crippen LogP contribution in [0.5, 0.6) is 0 Å². The Morgan fingerprint density at radius 3 is 2.53 bits per heavy atom. The van der Waals surface area contributed by atoms with Gasteiger partial charge in [0.1, 0.15) is 0 Å². The third-order valence-corrected chi connectivity index (χ3v) is 5.07. The monoisotopic (exact) mass is 343 g/mol. The molecule has 0 bridgehead atoms. The molecule has 1 aliphatic carbocycles. The summed E-state index contributed by atoms with van der Waals surface area (Å²) in [5.74, 6) is 0. The average Bonchev–Trinajstić information content (AvgIpc) is 2.31. The van der Waals surface area contributed by atoms with Gasteiger partial charge in [-0.15, -0.1) is 0 Å². The van der Waals surface area contributed by atoms with Gasteiger partial charge in [-0.2, -0.15) is 0 Å². The van der Waals surface area contributed by atoms with Crippen molar-refractivity contribution in [2.75, 3.05) is 0 Å². The van der Waals surface area contributed by atoms with Crippen molar-refractivity contribution in [1.82, 2.24) is 5.32 Å². The Kier molecular flexibility index (Phi) is 4.97. The zero-order valence-corrected chi connectivity index (χ0v) is 14.3. The predicted octanol–water partition coefficient (Wildman–Crippen LogP) is 5.72. The van der Waals surface area contributed by atoms with Gasteiger partial charge in [-0.3, -0.25) is 0 Å². The van der Waals surface area contributed by atoms with Crippen LogP contribution in [0, 0.1) is 5.41 Å². The maximum absolute atomic E-state index is 6.32. The van der Waals surface area contributed by atoms with Crippen LogP contribution in [-0.4, -0.2) is 6.04 Å². The molecule has 1 N–H and O–H groups in total. The SMILES string of the molecule is CC(NC1CCC(C)(C)CC1)c1ccc(Br)cc1Cl. The molecule has 1 fully saturated rings. The molecule has 1 unspecified atom stereocenters.